The van der Waals surface area contributed by atoms with Crippen LogP contribution in [0.5, 0.6) is 0 Å². The van der Waals surface area contributed by atoms with Gasteiger partial charge in [0.05, 0.1) is 11.0 Å². The molecule has 0 bridgehead atoms. The molecule has 1 aliphatic heterocycles. The SMILES string of the molecule is c1ccc(C2=NC(c3ccc4sc5cccc(-c6ccc7c(c6)sc6ccc(-n8c9ccccc9c9ccccc98)cc67)c5c4c3)NC(c3ccccc3)=N2)cc1. The summed E-state index contributed by atoms with van der Waals surface area (Å²) in [6.07, 6.45) is -0.290. The summed E-state index contributed by atoms with van der Waals surface area (Å²) in [6.45, 7) is 0. The van der Waals surface area contributed by atoms with E-state index < -0.39 is 0 Å². The van der Waals surface area contributed by atoms with Gasteiger partial charge in [-0.05, 0) is 71.3 Å². The number of nitrogens with zero attached hydrogens (tertiary/aromatic N) is 3. The van der Waals surface area contributed by atoms with E-state index in [4.69, 9.17) is 9.98 Å². The lowest BCUT2D eigenvalue weighted by atomic mass is 9.97. The fraction of sp³-hybridized carbons (Fsp3) is 0.0196. The van der Waals surface area contributed by atoms with Gasteiger partial charge in [-0.25, -0.2) is 9.98 Å². The van der Waals surface area contributed by atoms with Crippen LogP contribution in [0.2, 0.25) is 0 Å². The molecule has 0 fully saturated rings. The van der Waals surface area contributed by atoms with Crippen LogP contribution in [0.4, 0.5) is 0 Å². The summed E-state index contributed by atoms with van der Waals surface area (Å²) in [5, 5.41) is 11.3. The highest BCUT2D eigenvalue weighted by atomic mass is 32.1. The molecular weight excluding hydrogens is 733 g/mol. The van der Waals surface area contributed by atoms with Gasteiger partial charge in [-0.15, -0.1) is 22.7 Å². The summed E-state index contributed by atoms with van der Waals surface area (Å²) in [7, 11) is 0. The molecule has 0 aliphatic carbocycles. The molecule has 0 radical (unpaired) electrons. The molecule has 0 saturated heterocycles. The van der Waals surface area contributed by atoms with Crippen LogP contribution in [0.3, 0.4) is 0 Å². The lowest BCUT2D eigenvalue weighted by molar-refractivity contribution is 0.675. The Kier molecular flexibility index (Phi) is 7.30. The number of benzene rings is 8. The maximum Gasteiger partial charge on any atom is 0.159 e. The Hall–Kier alpha value is -6.86. The maximum absolute atomic E-state index is 5.18. The zero-order valence-electron chi connectivity index (χ0n) is 30.6. The molecule has 8 aromatic carbocycles. The van der Waals surface area contributed by atoms with Gasteiger partial charge < -0.3 is 9.88 Å². The number of aliphatic imine (C=N–C) groups is 2. The fourth-order valence-electron chi connectivity index (χ4n) is 8.61. The van der Waals surface area contributed by atoms with Crippen molar-refractivity contribution in [3.63, 3.8) is 0 Å². The molecule has 57 heavy (non-hydrogen) atoms. The number of rotatable bonds is 5. The third-order valence-electron chi connectivity index (χ3n) is 11.3. The molecule has 1 aliphatic rings. The maximum atomic E-state index is 5.18. The van der Waals surface area contributed by atoms with Gasteiger partial charge in [0.1, 0.15) is 12.0 Å². The Labute approximate surface area is 336 Å². The van der Waals surface area contributed by atoms with Gasteiger partial charge in [-0.2, -0.15) is 0 Å². The molecule has 3 aromatic heterocycles. The van der Waals surface area contributed by atoms with Crippen LogP contribution in [-0.4, -0.2) is 16.2 Å². The van der Waals surface area contributed by atoms with E-state index in [2.05, 4.69) is 155 Å². The number of amidine groups is 2. The van der Waals surface area contributed by atoms with Crippen LogP contribution in [0, 0.1) is 0 Å². The Morgan fingerprint density at radius 3 is 1.93 bits per heavy atom. The molecule has 0 saturated carbocycles. The van der Waals surface area contributed by atoms with E-state index in [0.29, 0.717) is 0 Å². The number of hydrogen-bond acceptors (Lipinski definition) is 5. The summed E-state index contributed by atoms with van der Waals surface area (Å²) in [4.78, 5) is 10.2. The third kappa shape index (κ3) is 5.26. The van der Waals surface area contributed by atoms with E-state index in [1.165, 1.54) is 79.0 Å². The molecular formula is C51H32N4S2. The molecule has 4 heterocycles. The number of nitrogens with one attached hydrogen (secondary N) is 1. The molecule has 6 heteroatoms. The summed E-state index contributed by atoms with van der Waals surface area (Å²) < 4.78 is 7.54. The molecule has 0 amide bonds. The molecule has 1 atom stereocenters. The Balaban J connectivity index is 0.965. The first-order valence-corrected chi connectivity index (χ1v) is 20.8. The largest absolute Gasteiger partial charge is 0.344 e. The number of hydrogen-bond donors (Lipinski definition) is 1. The number of para-hydroxylation sites is 2. The molecule has 0 spiro atoms. The van der Waals surface area contributed by atoms with E-state index in [-0.39, 0.29) is 6.17 Å². The van der Waals surface area contributed by atoms with Crippen molar-refractivity contribution < 1.29 is 0 Å². The minimum absolute atomic E-state index is 0.290. The van der Waals surface area contributed by atoms with E-state index in [9.17, 15) is 0 Å². The van der Waals surface area contributed by atoms with E-state index in [1.54, 1.807) is 0 Å². The first kappa shape index (κ1) is 32.4. The zero-order chi connectivity index (χ0) is 37.5. The molecule has 1 unspecified atom stereocenters. The lowest BCUT2D eigenvalue weighted by Gasteiger charge is -2.23. The summed E-state index contributed by atoms with van der Waals surface area (Å²) in [5.41, 5.74) is 9.26. The van der Waals surface area contributed by atoms with Crippen LogP contribution >= 0.6 is 22.7 Å². The van der Waals surface area contributed by atoms with Crippen molar-refractivity contribution in [1.82, 2.24) is 9.88 Å². The Bertz CT molecular complexity index is 3390. The van der Waals surface area contributed by atoms with Gasteiger partial charge in [0.25, 0.3) is 0 Å². The van der Waals surface area contributed by atoms with Gasteiger partial charge in [-0.1, -0.05) is 127 Å². The van der Waals surface area contributed by atoms with Gasteiger partial charge >= 0.3 is 0 Å². The Morgan fingerprint density at radius 2 is 1.14 bits per heavy atom. The van der Waals surface area contributed by atoms with Crippen LogP contribution in [0.25, 0.3) is 79.0 Å². The summed E-state index contributed by atoms with van der Waals surface area (Å²) >= 11 is 3.72. The third-order valence-corrected chi connectivity index (χ3v) is 13.5. The molecule has 4 nitrogen and oxygen atoms in total. The predicted molar refractivity (Wildman–Crippen MR) is 244 cm³/mol. The van der Waals surface area contributed by atoms with Gasteiger partial charge in [0, 0.05) is 67.9 Å². The molecule has 12 rings (SSSR count). The van der Waals surface area contributed by atoms with Crippen molar-refractivity contribution in [3.05, 3.63) is 199 Å². The highest BCUT2D eigenvalue weighted by molar-refractivity contribution is 7.26. The van der Waals surface area contributed by atoms with Gasteiger partial charge in [0.2, 0.25) is 0 Å². The zero-order valence-corrected chi connectivity index (χ0v) is 32.2. The number of thiophene rings is 2. The predicted octanol–water partition coefficient (Wildman–Crippen LogP) is 13.7. The normalized spacial score (nSPS) is 14.5. The standard InChI is InChI=1S/C51H32N4S2/c1-3-12-31(13-4-1)49-52-50(32-14-5-2-6-15-32)54-51(53-49)34-23-26-45-41(28-34)48-36(18-11-21-46(48)56-45)33-22-25-39-40-30-35(24-27-44(40)57-47(39)29-33)55-42-19-9-7-16-37(42)38-17-8-10-20-43(38)55/h1-30,51H,(H,52,53,54). The lowest BCUT2D eigenvalue weighted by Crippen LogP contribution is -2.33. The second kappa shape index (κ2) is 12.8. The molecule has 11 aromatic rings. The smallest absolute Gasteiger partial charge is 0.159 e. The van der Waals surface area contributed by atoms with Crippen molar-refractivity contribution in [2.24, 2.45) is 9.98 Å². The quantitative estimate of drug-likeness (QED) is 0.186. The molecule has 1 N–H and O–H groups in total. The average Bonchev–Trinajstić information content (AvgIpc) is 3.95. The highest BCUT2D eigenvalue weighted by Crippen LogP contribution is 2.44. The first-order chi connectivity index (χ1) is 28.2. The van der Waals surface area contributed by atoms with Gasteiger partial charge in [-0.3, -0.25) is 0 Å². The van der Waals surface area contributed by atoms with Crippen LogP contribution in [0.15, 0.2) is 192 Å². The first-order valence-electron chi connectivity index (χ1n) is 19.2. The van der Waals surface area contributed by atoms with Crippen molar-refractivity contribution in [2.45, 2.75) is 6.17 Å². The second-order valence-electron chi connectivity index (χ2n) is 14.6. The fourth-order valence-corrected chi connectivity index (χ4v) is 10.8. The average molecular weight is 765 g/mol. The minimum atomic E-state index is -0.290. The van der Waals surface area contributed by atoms with E-state index >= 15 is 0 Å². The van der Waals surface area contributed by atoms with Gasteiger partial charge in [0.15, 0.2) is 5.84 Å². The number of fused-ring (bicyclic) bond motifs is 9. The Morgan fingerprint density at radius 1 is 0.456 bits per heavy atom. The minimum Gasteiger partial charge on any atom is -0.344 e. The van der Waals surface area contributed by atoms with Crippen LogP contribution in [-0.2, 0) is 0 Å². The summed E-state index contributed by atoms with van der Waals surface area (Å²) in [6, 6.07) is 65.5. The van der Waals surface area contributed by atoms with Crippen molar-refractivity contribution >= 4 is 96.5 Å². The van der Waals surface area contributed by atoms with E-state index in [1.807, 2.05) is 59.1 Å². The number of aromatic nitrogens is 1. The van der Waals surface area contributed by atoms with E-state index in [0.717, 1.165) is 28.4 Å². The highest BCUT2D eigenvalue weighted by Gasteiger charge is 2.23. The van der Waals surface area contributed by atoms with Crippen LogP contribution < -0.4 is 5.32 Å². The molecule has 268 valence electrons. The van der Waals surface area contributed by atoms with Crippen molar-refractivity contribution in [1.29, 1.82) is 0 Å². The van der Waals surface area contributed by atoms with Crippen LogP contribution in [0.1, 0.15) is 22.9 Å². The monoisotopic (exact) mass is 764 g/mol. The second-order valence-corrected chi connectivity index (χ2v) is 16.8. The van der Waals surface area contributed by atoms with Crippen molar-refractivity contribution in [2.75, 3.05) is 0 Å². The topological polar surface area (TPSA) is 41.7 Å². The van der Waals surface area contributed by atoms with Crippen molar-refractivity contribution in [3.8, 4) is 16.8 Å². The summed E-state index contributed by atoms with van der Waals surface area (Å²) in [5.74, 6) is 1.55.